The summed E-state index contributed by atoms with van der Waals surface area (Å²) in [5.41, 5.74) is 1.39. The van der Waals surface area contributed by atoms with Crippen molar-refractivity contribution in [3.05, 3.63) is 23.3 Å². The van der Waals surface area contributed by atoms with E-state index >= 15 is 0 Å². The molecular weight excluding hydrogens is 208 g/mol. The molecule has 80 valence electrons. The Morgan fingerprint density at radius 3 is 3.00 bits per heavy atom. The molecule has 0 saturated carbocycles. The summed E-state index contributed by atoms with van der Waals surface area (Å²) in [6.45, 7) is 1.91. The van der Waals surface area contributed by atoms with Gasteiger partial charge in [-0.15, -0.1) is 0 Å². The molecule has 1 saturated heterocycles. The molecule has 0 spiro atoms. The second-order valence-corrected chi connectivity index (χ2v) is 5.08. The van der Waals surface area contributed by atoms with E-state index in [-0.39, 0.29) is 0 Å². The Kier molecular flexibility index (Phi) is 3.36. The number of nitrogens with zero attached hydrogens (tertiary/aromatic N) is 2. The number of aromatic nitrogens is 2. The molecule has 1 atom stereocenters. The molecule has 2 heterocycles. The van der Waals surface area contributed by atoms with Gasteiger partial charge in [0.05, 0.1) is 5.25 Å². The summed E-state index contributed by atoms with van der Waals surface area (Å²) >= 11 is 1.90. The van der Waals surface area contributed by atoms with Gasteiger partial charge < -0.3 is 0 Å². The molecular formula is C11H14N2OS. The van der Waals surface area contributed by atoms with Gasteiger partial charge in [0.1, 0.15) is 11.5 Å². The summed E-state index contributed by atoms with van der Waals surface area (Å²) in [7, 11) is 0. The summed E-state index contributed by atoms with van der Waals surface area (Å²) in [5, 5.41) is 0.386. The lowest BCUT2D eigenvalue weighted by atomic mass is 10.2. The lowest BCUT2D eigenvalue weighted by molar-refractivity contribution is 0.111. The van der Waals surface area contributed by atoms with E-state index in [9.17, 15) is 4.79 Å². The fourth-order valence-corrected chi connectivity index (χ4v) is 3.01. The van der Waals surface area contributed by atoms with Crippen LogP contribution in [0.2, 0.25) is 0 Å². The van der Waals surface area contributed by atoms with Crippen molar-refractivity contribution in [3.8, 4) is 0 Å². The molecule has 1 aliphatic rings. The van der Waals surface area contributed by atoms with E-state index in [0.717, 1.165) is 24.2 Å². The minimum absolute atomic E-state index is 0.386. The minimum atomic E-state index is 0.386. The normalized spacial score (nSPS) is 21.3. The van der Waals surface area contributed by atoms with Gasteiger partial charge in [0.25, 0.3) is 0 Å². The highest BCUT2D eigenvalue weighted by atomic mass is 32.2. The SMILES string of the molecule is Cc1cc(C=O)nc(C2CCCCS2)n1. The number of aldehydes is 1. The first-order valence-corrected chi connectivity index (χ1v) is 6.27. The summed E-state index contributed by atoms with van der Waals surface area (Å²) in [6.07, 6.45) is 4.46. The van der Waals surface area contributed by atoms with Gasteiger partial charge in [-0.25, -0.2) is 9.97 Å². The highest BCUT2D eigenvalue weighted by Crippen LogP contribution is 2.36. The van der Waals surface area contributed by atoms with Gasteiger partial charge >= 0.3 is 0 Å². The maximum absolute atomic E-state index is 10.7. The van der Waals surface area contributed by atoms with Gasteiger partial charge in [-0.3, -0.25) is 4.79 Å². The average molecular weight is 222 g/mol. The molecule has 1 aliphatic heterocycles. The Morgan fingerprint density at radius 2 is 2.33 bits per heavy atom. The van der Waals surface area contributed by atoms with Crippen molar-refractivity contribution in [3.63, 3.8) is 0 Å². The average Bonchev–Trinajstić information content (AvgIpc) is 2.29. The van der Waals surface area contributed by atoms with Crippen LogP contribution < -0.4 is 0 Å². The number of carbonyl (C=O) groups excluding carboxylic acids is 1. The monoisotopic (exact) mass is 222 g/mol. The summed E-state index contributed by atoms with van der Waals surface area (Å²) in [6, 6.07) is 1.73. The molecule has 0 aromatic carbocycles. The first-order chi connectivity index (χ1) is 7.29. The Hall–Kier alpha value is -0.900. The van der Waals surface area contributed by atoms with Crippen molar-refractivity contribution < 1.29 is 4.79 Å². The third-order valence-electron chi connectivity index (χ3n) is 2.48. The van der Waals surface area contributed by atoms with Crippen molar-refractivity contribution in [2.24, 2.45) is 0 Å². The van der Waals surface area contributed by atoms with Gasteiger partial charge in [-0.1, -0.05) is 6.42 Å². The predicted molar refractivity (Wildman–Crippen MR) is 61.2 cm³/mol. The first kappa shape index (κ1) is 10.6. The van der Waals surface area contributed by atoms with E-state index < -0.39 is 0 Å². The van der Waals surface area contributed by atoms with Crippen LogP contribution in [0.1, 0.15) is 46.5 Å². The molecule has 1 aromatic rings. The fraction of sp³-hybridized carbons (Fsp3) is 0.545. The zero-order valence-electron chi connectivity index (χ0n) is 8.77. The maximum Gasteiger partial charge on any atom is 0.168 e. The molecule has 0 amide bonds. The Morgan fingerprint density at radius 1 is 1.47 bits per heavy atom. The van der Waals surface area contributed by atoms with E-state index in [0.29, 0.717) is 10.9 Å². The van der Waals surface area contributed by atoms with Gasteiger partial charge in [-0.05, 0) is 31.6 Å². The Bertz CT molecular complexity index is 362. The van der Waals surface area contributed by atoms with Crippen molar-refractivity contribution in [1.82, 2.24) is 9.97 Å². The van der Waals surface area contributed by atoms with Crippen molar-refractivity contribution >= 4 is 18.0 Å². The lowest BCUT2D eigenvalue weighted by Crippen LogP contribution is -2.08. The Balaban J connectivity index is 2.25. The second-order valence-electron chi connectivity index (χ2n) is 3.77. The van der Waals surface area contributed by atoms with Crippen LogP contribution in [0.4, 0.5) is 0 Å². The van der Waals surface area contributed by atoms with Gasteiger partial charge in [0, 0.05) is 5.69 Å². The predicted octanol–water partition coefficient (Wildman–Crippen LogP) is 2.56. The standard InChI is InChI=1S/C11H14N2OS/c1-8-6-9(7-14)13-11(12-8)10-4-2-3-5-15-10/h6-7,10H,2-5H2,1H3. The quantitative estimate of drug-likeness (QED) is 0.721. The molecule has 1 aromatic heterocycles. The molecule has 0 N–H and O–H groups in total. The van der Waals surface area contributed by atoms with E-state index in [1.165, 1.54) is 18.6 Å². The number of hydrogen-bond donors (Lipinski definition) is 0. The van der Waals surface area contributed by atoms with Gasteiger partial charge in [0.2, 0.25) is 0 Å². The second kappa shape index (κ2) is 4.75. The molecule has 0 radical (unpaired) electrons. The van der Waals surface area contributed by atoms with Crippen LogP contribution >= 0.6 is 11.8 Å². The molecule has 15 heavy (non-hydrogen) atoms. The van der Waals surface area contributed by atoms with Crippen LogP contribution in [0, 0.1) is 6.92 Å². The summed E-state index contributed by atoms with van der Waals surface area (Å²) < 4.78 is 0. The number of aryl methyl sites for hydroxylation is 1. The largest absolute Gasteiger partial charge is 0.296 e. The van der Waals surface area contributed by atoms with E-state index in [1.54, 1.807) is 6.07 Å². The molecule has 4 heteroatoms. The Labute approximate surface area is 93.7 Å². The fourth-order valence-electron chi connectivity index (χ4n) is 1.77. The van der Waals surface area contributed by atoms with Crippen LogP contribution in [0.3, 0.4) is 0 Å². The zero-order valence-corrected chi connectivity index (χ0v) is 9.59. The third-order valence-corrected chi connectivity index (χ3v) is 3.85. The molecule has 0 bridgehead atoms. The molecule has 1 unspecified atom stereocenters. The first-order valence-electron chi connectivity index (χ1n) is 5.22. The molecule has 2 rings (SSSR count). The highest BCUT2D eigenvalue weighted by Gasteiger charge is 2.19. The summed E-state index contributed by atoms with van der Waals surface area (Å²) in [4.78, 5) is 19.4. The van der Waals surface area contributed by atoms with Gasteiger partial charge in [0.15, 0.2) is 6.29 Å². The number of rotatable bonds is 2. The van der Waals surface area contributed by atoms with Crippen molar-refractivity contribution in [1.29, 1.82) is 0 Å². The van der Waals surface area contributed by atoms with E-state index in [4.69, 9.17) is 0 Å². The number of carbonyl (C=O) groups is 1. The molecule has 1 fully saturated rings. The van der Waals surface area contributed by atoms with E-state index in [1.807, 2.05) is 18.7 Å². The molecule has 3 nitrogen and oxygen atoms in total. The van der Waals surface area contributed by atoms with Crippen molar-refractivity contribution in [2.45, 2.75) is 31.4 Å². The third kappa shape index (κ3) is 2.56. The topological polar surface area (TPSA) is 42.9 Å². The van der Waals surface area contributed by atoms with Gasteiger partial charge in [-0.2, -0.15) is 11.8 Å². The number of thioether (sulfide) groups is 1. The smallest absolute Gasteiger partial charge is 0.168 e. The van der Waals surface area contributed by atoms with Crippen LogP contribution in [0.15, 0.2) is 6.07 Å². The highest BCUT2D eigenvalue weighted by molar-refractivity contribution is 7.99. The van der Waals surface area contributed by atoms with Crippen LogP contribution in [0.25, 0.3) is 0 Å². The van der Waals surface area contributed by atoms with E-state index in [2.05, 4.69) is 9.97 Å². The number of hydrogen-bond acceptors (Lipinski definition) is 4. The van der Waals surface area contributed by atoms with Crippen LogP contribution in [0.5, 0.6) is 0 Å². The maximum atomic E-state index is 10.7. The van der Waals surface area contributed by atoms with Crippen molar-refractivity contribution in [2.75, 3.05) is 5.75 Å². The van der Waals surface area contributed by atoms with Crippen LogP contribution in [-0.2, 0) is 0 Å². The lowest BCUT2D eigenvalue weighted by Gasteiger charge is -2.20. The zero-order chi connectivity index (χ0) is 10.7. The summed E-state index contributed by atoms with van der Waals surface area (Å²) in [5.74, 6) is 2.01. The van der Waals surface area contributed by atoms with Crippen LogP contribution in [-0.4, -0.2) is 22.0 Å². The molecule has 0 aliphatic carbocycles. The minimum Gasteiger partial charge on any atom is -0.296 e.